The summed E-state index contributed by atoms with van der Waals surface area (Å²) in [5, 5.41) is 13.0. The van der Waals surface area contributed by atoms with Crippen LogP contribution in [0.5, 0.6) is 11.5 Å². The van der Waals surface area contributed by atoms with Crippen molar-refractivity contribution in [1.29, 1.82) is 0 Å². The molecule has 2 aliphatic rings. The second-order valence-corrected chi connectivity index (χ2v) is 7.78. The summed E-state index contributed by atoms with van der Waals surface area (Å²) in [6.45, 7) is 4.03. The van der Waals surface area contributed by atoms with Gasteiger partial charge >= 0.3 is 0 Å². The van der Waals surface area contributed by atoms with E-state index < -0.39 is 0 Å². The summed E-state index contributed by atoms with van der Waals surface area (Å²) in [4.78, 5) is 4.85. The molecule has 28 heavy (non-hydrogen) atoms. The van der Waals surface area contributed by atoms with Crippen molar-refractivity contribution < 1.29 is 9.47 Å². The molecule has 0 unspecified atom stereocenters. The van der Waals surface area contributed by atoms with Gasteiger partial charge in [-0.15, -0.1) is 5.10 Å². The average molecular weight is 387 g/mol. The molecule has 0 radical (unpaired) electrons. The number of piperazine rings is 1. The minimum Gasteiger partial charge on any atom is -0.493 e. The van der Waals surface area contributed by atoms with Gasteiger partial charge in [0.15, 0.2) is 17.3 Å². The van der Waals surface area contributed by atoms with Crippen LogP contribution in [0, 0.1) is 0 Å². The van der Waals surface area contributed by atoms with E-state index >= 15 is 0 Å². The van der Waals surface area contributed by atoms with Crippen LogP contribution in [0.2, 0.25) is 0 Å². The minimum atomic E-state index is 0.00380. The van der Waals surface area contributed by atoms with Crippen LogP contribution in [0.3, 0.4) is 0 Å². The third kappa shape index (κ3) is 3.71. The van der Waals surface area contributed by atoms with Crippen LogP contribution in [-0.2, 0) is 0 Å². The maximum Gasteiger partial charge on any atom is 0.173 e. The van der Waals surface area contributed by atoms with E-state index in [0.29, 0.717) is 6.04 Å². The largest absolute Gasteiger partial charge is 0.493 e. The molecule has 1 saturated heterocycles. The number of aromatic nitrogens is 4. The average Bonchev–Trinajstić information content (AvgIpc) is 3.41. The molecule has 0 spiro atoms. The monoisotopic (exact) mass is 386 g/mol. The van der Waals surface area contributed by atoms with Crippen molar-refractivity contribution >= 4 is 0 Å². The van der Waals surface area contributed by atoms with Crippen molar-refractivity contribution in [3.63, 3.8) is 0 Å². The summed E-state index contributed by atoms with van der Waals surface area (Å²) in [6.07, 6.45) is 4.80. The fourth-order valence-corrected chi connectivity index (χ4v) is 4.42. The number of nitrogens with zero attached hydrogens (tertiary/aromatic N) is 6. The third-order valence-corrected chi connectivity index (χ3v) is 6.06. The van der Waals surface area contributed by atoms with E-state index in [-0.39, 0.29) is 6.04 Å². The highest BCUT2D eigenvalue weighted by atomic mass is 16.5. The Morgan fingerprint density at radius 1 is 1.00 bits per heavy atom. The van der Waals surface area contributed by atoms with Crippen molar-refractivity contribution in [2.45, 2.75) is 37.8 Å². The van der Waals surface area contributed by atoms with E-state index in [1.54, 1.807) is 14.2 Å². The van der Waals surface area contributed by atoms with Gasteiger partial charge in [0.2, 0.25) is 0 Å². The molecule has 1 aromatic heterocycles. The van der Waals surface area contributed by atoms with E-state index in [2.05, 4.69) is 49.2 Å². The van der Waals surface area contributed by atoms with Crippen LogP contribution in [-0.4, -0.2) is 77.5 Å². The van der Waals surface area contributed by atoms with Gasteiger partial charge in [-0.2, -0.15) is 0 Å². The smallest absolute Gasteiger partial charge is 0.173 e. The lowest BCUT2D eigenvalue weighted by molar-refractivity contribution is 0.120. The van der Waals surface area contributed by atoms with Gasteiger partial charge in [-0.3, -0.25) is 4.90 Å². The Labute approximate surface area is 166 Å². The van der Waals surface area contributed by atoms with E-state index in [1.807, 2.05) is 6.07 Å². The molecule has 2 aromatic rings. The van der Waals surface area contributed by atoms with E-state index in [4.69, 9.17) is 9.47 Å². The highest BCUT2D eigenvalue weighted by Crippen LogP contribution is 2.37. The predicted molar refractivity (Wildman–Crippen MR) is 106 cm³/mol. The molecular weight excluding hydrogens is 356 g/mol. The Bertz CT molecular complexity index is 781. The minimum absolute atomic E-state index is 0.00380. The summed E-state index contributed by atoms with van der Waals surface area (Å²) < 4.78 is 13.1. The standard InChI is InChI=1S/C20H30N6O2/c1-24-10-12-25(13-11-24)19(15-8-9-17(27-2)18(14-15)28-3)20-21-22-23-26(20)16-6-4-5-7-16/h8-9,14,16,19H,4-7,10-13H2,1-3H3/t19-/m0/s1. The van der Waals surface area contributed by atoms with Gasteiger partial charge in [0.05, 0.1) is 26.3 Å². The summed E-state index contributed by atoms with van der Waals surface area (Å²) in [5.41, 5.74) is 1.14. The highest BCUT2D eigenvalue weighted by Gasteiger charge is 2.33. The summed E-state index contributed by atoms with van der Waals surface area (Å²) >= 11 is 0. The Kier molecular flexibility index (Phi) is 5.77. The molecule has 1 aliphatic heterocycles. The molecule has 1 atom stereocenters. The molecular formula is C20H30N6O2. The topological polar surface area (TPSA) is 68.5 Å². The molecule has 0 amide bonds. The lowest BCUT2D eigenvalue weighted by Crippen LogP contribution is -2.46. The van der Waals surface area contributed by atoms with E-state index in [0.717, 1.165) is 61.9 Å². The number of methoxy groups -OCH3 is 2. The second-order valence-electron chi connectivity index (χ2n) is 7.78. The molecule has 1 saturated carbocycles. The van der Waals surface area contributed by atoms with E-state index in [9.17, 15) is 0 Å². The number of ether oxygens (including phenoxy) is 2. The number of likely N-dealkylation sites (N-methyl/N-ethyl adjacent to an activating group) is 1. The van der Waals surface area contributed by atoms with Crippen LogP contribution in [0.1, 0.15) is 49.2 Å². The van der Waals surface area contributed by atoms with Crippen LogP contribution in [0.25, 0.3) is 0 Å². The van der Waals surface area contributed by atoms with Crippen LogP contribution < -0.4 is 9.47 Å². The van der Waals surface area contributed by atoms with Gasteiger partial charge in [0.25, 0.3) is 0 Å². The van der Waals surface area contributed by atoms with Crippen LogP contribution in [0.15, 0.2) is 18.2 Å². The number of tetrazole rings is 1. The summed E-state index contributed by atoms with van der Waals surface area (Å²) in [5.74, 6) is 2.40. The molecule has 1 aliphatic carbocycles. The first kappa shape index (κ1) is 19.1. The molecule has 8 heteroatoms. The van der Waals surface area contributed by atoms with Crippen LogP contribution in [0.4, 0.5) is 0 Å². The van der Waals surface area contributed by atoms with Gasteiger partial charge < -0.3 is 14.4 Å². The van der Waals surface area contributed by atoms with E-state index in [1.165, 1.54) is 12.8 Å². The molecule has 4 rings (SSSR count). The maximum atomic E-state index is 5.57. The SMILES string of the molecule is COc1ccc([C@@H](c2nnnn2C2CCCC2)N2CCN(C)CC2)cc1OC. The zero-order valence-electron chi connectivity index (χ0n) is 17.0. The lowest BCUT2D eigenvalue weighted by Gasteiger charge is -2.37. The summed E-state index contributed by atoms with van der Waals surface area (Å²) in [7, 11) is 5.51. The van der Waals surface area contributed by atoms with Crippen molar-refractivity contribution in [1.82, 2.24) is 30.0 Å². The molecule has 1 aromatic carbocycles. The fraction of sp³-hybridized carbons (Fsp3) is 0.650. The normalized spacial score (nSPS) is 20.4. The fourth-order valence-electron chi connectivity index (χ4n) is 4.42. The zero-order valence-corrected chi connectivity index (χ0v) is 17.0. The molecule has 8 nitrogen and oxygen atoms in total. The Hall–Kier alpha value is -2.19. The highest BCUT2D eigenvalue weighted by molar-refractivity contribution is 5.45. The first-order chi connectivity index (χ1) is 13.7. The Morgan fingerprint density at radius 3 is 2.39 bits per heavy atom. The lowest BCUT2D eigenvalue weighted by atomic mass is 10.0. The predicted octanol–water partition coefficient (Wildman–Crippen LogP) is 2.14. The maximum absolute atomic E-state index is 5.57. The van der Waals surface area contributed by atoms with Crippen LogP contribution >= 0.6 is 0 Å². The molecule has 2 heterocycles. The molecule has 2 fully saturated rings. The number of rotatable bonds is 6. The Balaban J connectivity index is 1.74. The summed E-state index contributed by atoms with van der Waals surface area (Å²) in [6, 6.07) is 6.55. The number of benzene rings is 1. The third-order valence-electron chi connectivity index (χ3n) is 6.06. The quantitative estimate of drug-likeness (QED) is 0.753. The molecule has 0 bridgehead atoms. The molecule has 0 N–H and O–H groups in total. The zero-order chi connectivity index (χ0) is 19.5. The van der Waals surface area contributed by atoms with Crippen molar-refractivity contribution in [3.05, 3.63) is 29.6 Å². The van der Waals surface area contributed by atoms with Crippen molar-refractivity contribution in [3.8, 4) is 11.5 Å². The first-order valence-corrected chi connectivity index (χ1v) is 10.1. The second kappa shape index (κ2) is 8.45. The van der Waals surface area contributed by atoms with Gasteiger partial charge in [-0.1, -0.05) is 18.9 Å². The Morgan fingerprint density at radius 2 is 1.71 bits per heavy atom. The van der Waals surface area contributed by atoms with Gasteiger partial charge in [-0.05, 0) is 48.0 Å². The van der Waals surface area contributed by atoms with Gasteiger partial charge in [0, 0.05) is 26.2 Å². The number of hydrogen-bond acceptors (Lipinski definition) is 7. The van der Waals surface area contributed by atoms with Crippen molar-refractivity contribution in [2.75, 3.05) is 47.4 Å². The first-order valence-electron chi connectivity index (χ1n) is 10.1. The number of hydrogen-bond donors (Lipinski definition) is 0. The van der Waals surface area contributed by atoms with Gasteiger partial charge in [-0.25, -0.2) is 4.68 Å². The molecule has 152 valence electrons. The van der Waals surface area contributed by atoms with Crippen molar-refractivity contribution in [2.24, 2.45) is 0 Å². The van der Waals surface area contributed by atoms with Gasteiger partial charge in [0.1, 0.15) is 0 Å².